The number of carboxylic acid groups (broad SMARTS) is 1. The van der Waals surface area contributed by atoms with Crippen molar-refractivity contribution in [3.63, 3.8) is 0 Å². The molecule has 19 heavy (non-hydrogen) atoms. The van der Waals surface area contributed by atoms with Gasteiger partial charge in [-0.05, 0) is 44.9 Å². The largest absolute Gasteiger partial charge is 0.481 e. The Hall–Kier alpha value is -1.32. The zero-order chi connectivity index (χ0) is 13.7. The van der Waals surface area contributed by atoms with Crippen LogP contribution in [0.5, 0.6) is 0 Å². The maximum atomic E-state index is 12.0. The van der Waals surface area contributed by atoms with E-state index < -0.39 is 11.9 Å². The molecule has 1 fully saturated rings. The van der Waals surface area contributed by atoms with Crippen molar-refractivity contribution in [1.82, 2.24) is 5.32 Å². The van der Waals surface area contributed by atoms with Gasteiger partial charge in [-0.3, -0.25) is 9.59 Å². The summed E-state index contributed by atoms with van der Waals surface area (Å²) in [4.78, 5) is 23.1. The van der Waals surface area contributed by atoms with E-state index in [1.54, 1.807) is 0 Å². The number of hydrogen-bond acceptors (Lipinski definition) is 2. The van der Waals surface area contributed by atoms with Gasteiger partial charge in [0.25, 0.3) is 0 Å². The minimum Gasteiger partial charge on any atom is -0.481 e. The first-order valence-electron chi connectivity index (χ1n) is 7.37. The predicted molar refractivity (Wildman–Crippen MR) is 72.6 cm³/mol. The third-order valence-electron chi connectivity index (χ3n) is 4.30. The Labute approximate surface area is 114 Å². The van der Waals surface area contributed by atoms with Crippen LogP contribution in [0, 0.1) is 11.8 Å². The van der Waals surface area contributed by atoms with E-state index in [1.165, 1.54) is 18.4 Å². The van der Waals surface area contributed by atoms with Crippen LogP contribution in [0.2, 0.25) is 0 Å². The molecule has 0 spiro atoms. The van der Waals surface area contributed by atoms with E-state index in [4.69, 9.17) is 5.11 Å². The number of carbonyl (C=O) groups is 2. The molecule has 0 bridgehead atoms. The number of allylic oxidation sites excluding steroid dienone is 1. The number of carboxylic acids is 1. The smallest absolute Gasteiger partial charge is 0.307 e. The summed E-state index contributed by atoms with van der Waals surface area (Å²) in [6, 6.07) is 0. The van der Waals surface area contributed by atoms with E-state index in [0.29, 0.717) is 19.4 Å². The lowest BCUT2D eigenvalue weighted by Crippen LogP contribution is -2.35. The molecule has 2 rings (SSSR count). The van der Waals surface area contributed by atoms with E-state index in [1.807, 2.05) is 0 Å². The van der Waals surface area contributed by atoms with Crippen molar-refractivity contribution >= 4 is 11.9 Å². The highest BCUT2D eigenvalue weighted by molar-refractivity contribution is 5.85. The predicted octanol–water partition coefficient (Wildman–Crippen LogP) is 2.49. The quantitative estimate of drug-likeness (QED) is 0.750. The number of amides is 1. The van der Waals surface area contributed by atoms with Gasteiger partial charge in [0, 0.05) is 6.54 Å². The number of aliphatic carboxylic acids is 1. The molecule has 0 aromatic heterocycles. The number of rotatable bonds is 5. The van der Waals surface area contributed by atoms with Crippen LogP contribution in [-0.4, -0.2) is 23.5 Å². The highest BCUT2D eigenvalue weighted by Crippen LogP contribution is 2.32. The maximum Gasteiger partial charge on any atom is 0.307 e. The van der Waals surface area contributed by atoms with Crippen LogP contribution in [0.25, 0.3) is 0 Å². The minimum absolute atomic E-state index is 0.0682. The van der Waals surface area contributed by atoms with Gasteiger partial charge in [-0.1, -0.05) is 18.1 Å². The highest BCUT2D eigenvalue weighted by Gasteiger charge is 2.37. The van der Waals surface area contributed by atoms with Crippen molar-refractivity contribution in [3.8, 4) is 0 Å². The summed E-state index contributed by atoms with van der Waals surface area (Å²) >= 11 is 0. The molecule has 106 valence electrons. The molecular weight excluding hydrogens is 242 g/mol. The molecule has 1 saturated carbocycles. The fourth-order valence-electron chi connectivity index (χ4n) is 3.18. The van der Waals surface area contributed by atoms with Gasteiger partial charge in [-0.15, -0.1) is 0 Å². The van der Waals surface area contributed by atoms with Crippen molar-refractivity contribution in [1.29, 1.82) is 0 Å². The number of hydrogen-bond donors (Lipinski definition) is 2. The molecule has 0 aromatic rings. The van der Waals surface area contributed by atoms with E-state index in [9.17, 15) is 9.59 Å². The molecule has 2 unspecified atom stereocenters. The fraction of sp³-hybridized carbons (Fsp3) is 0.733. The summed E-state index contributed by atoms with van der Waals surface area (Å²) in [5, 5.41) is 12.0. The average Bonchev–Trinajstić information content (AvgIpc) is 2.89. The van der Waals surface area contributed by atoms with Crippen LogP contribution in [0.15, 0.2) is 11.6 Å². The van der Waals surface area contributed by atoms with Crippen molar-refractivity contribution < 1.29 is 14.7 Å². The van der Waals surface area contributed by atoms with Gasteiger partial charge < -0.3 is 10.4 Å². The summed E-state index contributed by atoms with van der Waals surface area (Å²) < 4.78 is 0. The van der Waals surface area contributed by atoms with E-state index in [2.05, 4.69) is 11.4 Å². The molecule has 4 nitrogen and oxygen atoms in total. The zero-order valence-electron chi connectivity index (χ0n) is 11.4. The van der Waals surface area contributed by atoms with Crippen LogP contribution in [0.1, 0.15) is 51.4 Å². The lowest BCUT2D eigenvalue weighted by atomic mass is 9.95. The minimum atomic E-state index is -0.826. The van der Waals surface area contributed by atoms with Gasteiger partial charge in [0.15, 0.2) is 0 Å². The molecule has 0 radical (unpaired) electrons. The Balaban J connectivity index is 1.74. The first-order valence-corrected chi connectivity index (χ1v) is 7.37. The van der Waals surface area contributed by atoms with E-state index in [0.717, 1.165) is 25.7 Å². The second kappa shape index (κ2) is 6.73. The Morgan fingerprint density at radius 3 is 2.68 bits per heavy atom. The summed E-state index contributed by atoms with van der Waals surface area (Å²) in [6.07, 6.45) is 10.2. The summed E-state index contributed by atoms with van der Waals surface area (Å²) in [7, 11) is 0. The summed E-state index contributed by atoms with van der Waals surface area (Å²) in [5.41, 5.74) is 1.44. The summed E-state index contributed by atoms with van der Waals surface area (Å²) in [6.45, 7) is 0.646. The second-order valence-corrected chi connectivity index (χ2v) is 5.63. The van der Waals surface area contributed by atoms with Gasteiger partial charge in [0.1, 0.15) is 0 Å². The first kappa shape index (κ1) is 14.1. The fourth-order valence-corrected chi connectivity index (χ4v) is 3.18. The standard InChI is InChI=1S/C15H23NO3/c17-14(12-7-4-8-13(12)15(18)19)16-10-9-11-5-2-1-3-6-11/h5,12-13H,1-4,6-10H2,(H,16,17)(H,18,19). The molecule has 2 aliphatic carbocycles. The topological polar surface area (TPSA) is 66.4 Å². The van der Waals surface area contributed by atoms with Crippen LogP contribution >= 0.6 is 0 Å². The molecule has 0 heterocycles. The molecule has 2 N–H and O–H groups in total. The van der Waals surface area contributed by atoms with E-state index >= 15 is 0 Å². The van der Waals surface area contributed by atoms with Gasteiger partial charge in [0.2, 0.25) is 5.91 Å². The first-order chi connectivity index (χ1) is 9.18. The molecule has 0 aromatic carbocycles. The van der Waals surface area contributed by atoms with Crippen molar-refractivity contribution in [2.45, 2.75) is 51.4 Å². The van der Waals surface area contributed by atoms with Crippen molar-refractivity contribution in [3.05, 3.63) is 11.6 Å². The second-order valence-electron chi connectivity index (χ2n) is 5.63. The van der Waals surface area contributed by atoms with Gasteiger partial charge in [-0.25, -0.2) is 0 Å². The Morgan fingerprint density at radius 2 is 2.00 bits per heavy atom. The number of carbonyl (C=O) groups excluding carboxylic acids is 1. The SMILES string of the molecule is O=C(O)C1CCCC1C(=O)NCCC1=CCCCC1. The van der Waals surface area contributed by atoms with E-state index in [-0.39, 0.29) is 11.8 Å². The Kier molecular flexibility index (Phi) is 5.00. The summed E-state index contributed by atoms with van der Waals surface area (Å²) in [5.74, 6) is -1.69. The van der Waals surface area contributed by atoms with Gasteiger partial charge in [0.05, 0.1) is 11.8 Å². The Bertz CT molecular complexity index is 376. The zero-order valence-corrected chi connectivity index (χ0v) is 11.4. The molecule has 2 atom stereocenters. The van der Waals surface area contributed by atoms with Gasteiger partial charge >= 0.3 is 5.97 Å². The maximum absolute atomic E-state index is 12.0. The molecule has 4 heteroatoms. The molecule has 1 amide bonds. The normalized spacial score (nSPS) is 26.8. The molecular formula is C15H23NO3. The lowest BCUT2D eigenvalue weighted by molar-refractivity contribution is -0.146. The van der Waals surface area contributed by atoms with Crippen LogP contribution in [-0.2, 0) is 9.59 Å². The van der Waals surface area contributed by atoms with Crippen molar-refractivity contribution in [2.75, 3.05) is 6.54 Å². The third-order valence-corrected chi connectivity index (χ3v) is 4.30. The number of nitrogens with one attached hydrogen (secondary N) is 1. The van der Waals surface area contributed by atoms with Crippen LogP contribution in [0.4, 0.5) is 0 Å². The third kappa shape index (κ3) is 3.82. The van der Waals surface area contributed by atoms with Crippen LogP contribution < -0.4 is 5.32 Å². The highest BCUT2D eigenvalue weighted by atomic mass is 16.4. The Morgan fingerprint density at radius 1 is 1.21 bits per heavy atom. The monoisotopic (exact) mass is 265 g/mol. The molecule has 2 aliphatic rings. The van der Waals surface area contributed by atoms with Crippen molar-refractivity contribution in [2.24, 2.45) is 11.8 Å². The van der Waals surface area contributed by atoms with Crippen LogP contribution in [0.3, 0.4) is 0 Å². The molecule has 0 saturated heterocycles. The molecule has 0 aliphatic heterocycles. The lowest BCUT2D eigenvalue weighted by Gasteiger charge is -2.17. The van der Waals surface area contributed by atoms with Gasteiger partial charge in [-0.2, -0.15) is 0 Å². The average molecular weight is 265 g/mol.